The predicted octanol–water partition coefficient (Wildman–Crippen LogP) is 4.53. The third kappa shape index (κ3) is 5.06. The summed E-state index contributed by atoms with van der Waals surface area (Å²) < 4.78 is 29.0. The Morgan fingerprint density at radius 2 is 1.85 bits per heavy atom. The van der Waals surface area contributed by atoms with Gasteiger partial charge in [-0.25, -0.2) is 0 Å². The number of carbonyl (C=O) groups is 1. The number of alkyl halides is 3. The average Bonchev–Trinajstić information content (AvgIpc) is 2.97. The molecular formula is C26H33F3N4O. The molecule has 34 heavy (non-hydrogen) atoms. The van der Waals surface area contributed by atoms with Gasteiger partial charge in [0.2, 0.25) is 5.91 Å². The van der Waals surface area contributed by atoms with E-state index in [1.165, 1.54) is 11.1 Å². The Kier molecular flexibility index (Phi) is 6.90. The summed E-state index contributed by atoms with van der Waals surface area (Å²) in [4.78, 5) is 19.2. The fraction of sp³-hybridized carbons (Fsp3) is 0.538. The molecule has 1 aromatic heterocycles. The van der Waals surface area contributed by atoms with Crippen LogP contribution in [-0.4, -0.2) is 48.6 Å². The number of carbonyl (C=O) groups excluding carboxylic acids is 1. The molecule has 1 atom stereocenters. The molecule has 1 aliphatic heterocycles. The normalized spacial score (nSPS) is 21.7. The second-order valence-electron chi connectivity index (χ2n) is 10.5. The topological polar surface area (TPSA) is 57.3 Å². The second kappa shape index (κ2) is 9.56. The number of benzene rings is 1. The van der Waals surface area contributed by atoms with Crippen LogP contribution in [0.25, 0.3) is 0 Å². The van der Waals surface area contributed by atoms with Gasteiger partial charge in [0.15, 0.2) is 0 Å². The minimum absolute atomic E-state index is 0.0813. The van der Waals surface area contributed by atoms with Crippen LogP contribution < -0.4 is 10.6 Å². The standard InChI is InChI=1S/C25H32N4O.CHF3/c1-24(2)21-7-5-4-6-17(21)10-22(24)28-19-8-9-20(27-13-19)14-29(3)23(30)18-11-25(12-18)15-26-16-25;2-1(3)4/h4-9,13,18,22,26,28H,10-12,14-16H2,1-3H3;1H. The van der Waals surface area contributed by atoms with E-state index < -0.39 is 6.68 Å². The minimum Gasteiger partial charge on any atom is -0.380 e. The summed E-state index contributed by atoms with van der Waals surface area (Å²) in [5.74, 6) is 0.464. The molecule has 3 aliphatic rings. The maximum absolute atomic E-state index is 12.7. The molecule has 2 aliphatic carbocycles. The average molecular weight is 475 g/mol. The first-order chi connectivity index (χ1) is 16.1. The Labute approximate surface area is 199 Å². The van der Waals surface area contributed by atoms with Crippen molar-refractivity contribution >= 4 is 11.6 Å². The first-order valence-corrected chi connectivity index (χ1v) is 11.8. The summed E-state index contributed by atoms with van der Waals surface area (Å²) in [5, 5.41) is 7.02. The first-order valence-electron chi connectivity index (χ1n) is 11.8. The number of aromatic nitrogens is 1. The van der Waals surface area contributed by atoms with E-state index in [1.807, 2.05) is 24.2 Å². The smallest absolute Gasteiger partial charge is 0.379 e. The zero-order valence-corrected chi connectivity index (χ0v) is 20.0. The van der Waals surface area contributed by atoms with Gasteiger partial charge >= 0.3 is 6.68 Å². The van der Waals surface area contributed by atoms with Crippen LogP contribution >= 0.6 is 0 Å². The van der Waals surface area contributed by atoms with E-state index in [4.69, 9.17) is 0 Å². The summed E-state index contributed by atoms with van der Waals surface area (Å²) in [6, 6.07) is 13.2. The summed E-state index contributed by atoms with van der Waals surface area (Å²) in [5.41, 5.74) is 5.35. The molecule has 2 fully saturated rings. The highest BCUT2D eigenvalue weighted by atomic mass is 19.4. The Bertz CT molecular complexity index is 997. The molecule has 1 amide bonds. The van der Waals surface area contributed by atoms with E-state index in [0.29, 0.717) is 18.0 Å². The largest absolute Gasteiger partial charge is 0.380 e. The van der Waals surface area contributed by atoms with Gasteiger partial charge in [-0.3, -0.25) is 9.78 Å². The van der Waals surface area contributed by atoms with Crippen LogP contribution in [0.1, 0.15) is 43.5 Å². The molecule has 1 saturated heterocycles. The van der Waals surface area contributed by atoms with E-state index in [2.05, 4.69) is 59.8 Å². The Morgan fingerprint density at radius 1 is 1.18 bits per heavy atom. The van der Waals surface area contributed by atoms with Gasteiger partial charge < -0.3 is 15.5 Å². The molecule has 184 valence electrons. The Balaban J connectivity index is 0.000000636. The van der Waals surface area contributed by atoms with Crippen molar-refractivity contribution in [2.24, 2.45) is 11.3 Å². The lowest BCUT2D eigenvalue weighted by Crippen LogP contribution is -2.62. The molecule has 1 spiro atoms. The molecule has 1 saturated carbocycles. The number of rotatable bonds is 5. The van der Waals surface area contributed by atoms with E-state index in [-0.39, 0.29) is 17.2 Å². The first kappa shape index (κ1) is 24.5. The molecule has 1 aromatic carbocycles. The lowest BCUT2D eigenvalue weighted by atomic mass is 9.58. The SMILES string of the molecule is CN(Cc1ccc(NC2Cc3ccccc3C2(C)C)cn1)C(=O)C1CC2(CNC2)C1.FC(F)F. The second-order valence-corrected chi connectivity index (χ2v) is 10.5. The van der Waals surface area contributed by atoms with Gasteiger partial charge in [0.05, 0.1) is 24.1 Å². The van der Waals surface area contributed by atoms with Gasteiger partial charge in [-0.05, 0) is 47.9 Å². The van der Waals surface area contributed by atoms with Gasteiger partial charge in [0.1, 0.15) is 0 Å². The third-order valence-corrected chi connectivity index (χ3v) is 7.66. The van der Waals surface area contributed by atoms with Crippen LogP contribution in [0.4, 0.5) is 18.9 Å². The number of nitrogens with one attached hydrogen (secondary N) is 2. The molecule has 5 nitrogen and oxygen atoms in total. The number of halogens is 3. The molecule has 2 aromatic rings. The summed E-state index contributed by atoms with van der Waals surface area (Å²) in [6.07, 6.45) is 5.02. The van der Waals surface area contributed by atoms with Crippen molar-refractivity contribution in [1.29, 1.82) is 0 Å². The highest BCUT2D eigenvalue weighted by molar-refractivity contribution is 5.79. The van der Waals surface area contributed by atoms with Gasteiger partial charge in [0, 0.05) is 37.5 Å². The van der Waals surface area contributed by atoms with Gasteiger partial charge in [-0.1, -0.05) is 38.1 Å². The van der Waals surface area contributed by atoms with E-state index in [9.17, 15) is 18.0 Å². The summed E-state index contributed by atoms with van der Waals surface area (Å²) in [6.45, 7) is 3.69. The fourth-order valence-electron chi connectivity index (χ4n) is 5.59. The molecule has 5 rings (SSSR count). The van der Waals surface area contributed by atoms with Crippen molar-refractivity contribution in [3.8, 4) is 0 Å². The summed E-state index contributed by atoms with van der Waals surface area (Å²) >= 11 is 0. The minimum atomic E-state index is -3.67. The lowest BCUT2D eigenvalue weighted by molar-refractivity contribution is -0.145. The third-order valence-electron chi connectivity index (χ3n) is 7.66. The molecule has 2 heterocycles. The molecule has 2 N–H and O–H groups in total. The Morgan fingerprint density at radius 3 is 2.41 bits per heavy atom. The number of pyridine rings is 1. The number of anilines is 1. The number of fused-ring (bicyclic) bond motifs is 1. The number of hydrogen-bond donors (Lipinski definition) is 2. The lowest BCUT2D eigenvalue weighted by Gasteiger charge is -2.54. The van der Waals surface area contributed by atoms with Crippen LogP contribution in [0, 0.1) is 11.3 Å². The van der Waals surface area contributed by atoms with Crippen molar-refractivity contribution < 1.29 is 18.0 Å². The number of amides is 1. The van der Waals surface area contributed by atoms with Crippen molar-refractivity contribution in [2.45, 2.75) is 57.8 Å². The van der Waals surface area contributed by atoms with Gasteiger partial charge in [-0.15, -0.1) is 0 Å². The molecule has 8 heteroatoms. The van der Waals surface area contributed by atoms with Crippen LogP contribution in [0.15, 0.2) is 42.6 Å². The van der Waals surface area contributed by atoms with E-state index in [0.717, 1.165) is 43.7 Å². The quantitative estimate of drug-likeness (QED) is 0.669. The fourth-order valence-corrected chi connectivity index (χ4v) is 5.59. The number of nitrogens with zero attached hydrogens (tertiary/aromatic N) is 2. The van der Waals surface area contributed by atoms with Gasteiger partial charge in [0.25, 0.3) is 0 Å². The van der Waals surface area contributed by atoms with Crippen molar-refractivity contribution in [1.82, 2.24) is 15.2 Å². The maximum Gasteiger partial charge on any atom is 0.379 e. The Hall–Kier alpha value is -2.61. The van der Waals surface area contributed by atoms with Crippen molar-refractivity contribution in [3.63, 3.8) is 0 Å². The highest BCUT2D eigenvalue weighted by Gasteiger charge is 2.51. The van der Waals surface area contributed by atoms with Crippen LogP contribution in [0.2, 0.25) is 0 Å². The molecule has 0 bridgehead atoms. The monoisotopic (exact) mass is 474 g/mol. The zero-order valence-electron chi connectivity index (χ0n) is 20.0. The molecule has 1 unspecified atom stereocenters. The van der Waals surface area contributed by atoms with Crippen LogP contribution in [0.5, 0.6) is 0 Å². The zero-order chi connectivity index (χ0) is 24.5. The summed E-state index contributed by atoms with van der Waals surface area (Å²) in [7, 11) is 1.90. The van der Waals surface area contributed by atoms with Crippen molar-refractivity contribution in [3.05, 3.63) is 59.4 Å². The number of hydrogen-bond acceptors (Lipinski definition) is 4. The highest BCUT2D eigenvalue weighted by Crippen LogP contribution is 2.49. The van der Waals surface area contributed by atoms with E-state index in [1.54, 1.807) is 0 Å². The molecule has 0 radical (unpaired) electrons. The van der Waals surface area contributed by atoms with Gasteiger partial charge in [-0.2, -0.15) is 13.2 Å². The van der Waals surface area contributed by atoms with E-state index >= 15 is 0 Å². The molecular weight excluding hydrogens is 441 g/mol. The van der Waals surface area contributed by atoms with Crippen LogP contribution in [0.3, 0.4) is 0 Å². The maximum atomic E-state index is 12.7. The van der Waals surface area contributed by atoms with Crippen LogP contribution in [-0.2, 0) is 23.2 Å². The van der Waals surface area contributed by atoms with Crippen molar-refractivity contribution in [2.75, 3.05) is 25.5 Å². The predicted molar refractivity (Wildman–Crippen MR) is 126 cm³/mol.